The first-order valence-corrected chi connectivity index (χ1v) is 7.37. The number of nitrogen functional groups attached to an aromatic ring is 1. The summed E-state index contributed by atoms with van der Waals surface area (Å²) < 4.78 is 0. The monoisotopic (exact) mass is 280 g/mol. The highest BCUT2D eigenvalue weighted by molar-refractivity contribution is 5.83. The molecular weight excluding hydrogens is 260 g/mol. The molecule has 0 fully saturated rings. The minimum Gasteiger partial charge on any atom is -0.398 e. The van der Waals surface area contributed by atoms with Gasteiger partial charge in [0, 0.05) is 18.8 Å². The number of nitrogens with zero attached hydrogens (tertiary/aromatic N) is 1. The van der Waals surface area contributed by atoms with E-state index >= 15 is 0 Å². The van der Waals surface area contributed by atoms with E-state index in [-0.39, 0.29) is 11.8 Å². The first-order valence-electron chi connectivity index (χ1n) is 7.37. The van der Waals surface area contributed by atoms with Crippen LogP contribution in [0.2, 0.25) is 0 Å². The summed E-state index contributed by atoms with van der Waals surface area (Å²) in [6, 6.07) is 15.9. The predicted molar refractivity (Wildman–Crippen MR) is 84.8 cm³/mol. The maximum absolute atomic E-state index is 12.7. The second kappa shape index (κ2) is 5.60. The third-order valence-electron chi connectivity index (χ3n) is 4.28. The zero-order valence-corrected chi connectivity index (χ0v) is 12.3. The first kappa shape index (κ1) is 13.7. The molecule has 3 nitrogen and oxygen atoms in total. The Morgan fingerprint density at radius 1 is 1.14 bits per heavy atom. The summed E-state index contributed by atoms with van der Waals surface area (Å²) >= 11 is 0. The fourth-order valence-corrected chi connectivity index (χ4v) is 2.99. The van der Waals surface area contributed by atoms with E-state index in [1.165, 1.54) is 11.1 Å². The summed E-state index contributed by atoms with van der Waals surface area (Å²) in [6.07, 6.45) is 0.843. The smallest absolute Gasteiger partial charge is 0.230 e. The lowest BCUT2D eigenvalue weighted by Gasteiger charge is -2.31. The van der Waals surface area contributed by atoms with Crippen LogP contribution >= 0.6 is 0 Å². The Kier molecular flexibility index (Phi) is 3.65. The van der Waals surface area contributed by atoms with Gasteiger partial charge in [-0.3, -0.25) is 4.79 Å². The van der Waals surface area contributed by atoms with E-state index in [2.05, 4.69) is 6.07 Å². The molecule has 1 amide bonds. The van der Waals surface area contributed by atoms with E-state index in [0.717, 1.165) is 24.2 Å². The van der Waals surface area contributed by atoms with E-state index in [1.54, 1.807) is 0 Å². The number of anilines is 1. The number of carbonyl (C=O) groups excluding carboxylic acids is 1. The van der Waals surface area contributed by atoms with Crippen LogP contribution in [-0.4, -0.2) is 17.4 Å². The minimum absolute atomic E-state index is 0.103. The van der Waals surface area contributed by atoms with Crippen LogP contribution in [0, 0.1) is 0 Å². The largest absolute Gasteiger partial charge is 0.398 e. The van der Waals surface area contributed by atoms with Gasteiger partial charge < -0.3 is 10.6 Å². The summed E-state index contributed by atoms with van der Waals surface area (Å²) in [5.74, 6) is 0.0862. The van der Waals surface area contributed by atoms with Crippen molar-refractivity contribution in [2.45, 2.75) is 25.8 Å². The van der Waals surface area contributed by atoms with Crippen LogP contribution in [0.15, 0.2) is 48.5 Å². The van der Waals surface area contributed by atoms with E-state index in [0.29, 0.717) is 6.54 Å². The van der Waals surface area contributed by atoms with Gasteiger partial charge >= 0.3 is 0 Å². The predicted octanol–water partition coefficient (Wildman–Crippen LogP) is 2.96. The maximum atomic E-state index is 12.7. The number of benzene rings is 2. The third kappa shape index (κ3) is 2.64. The Hall–Kier alpha value is -2.29. The van der Waals surface area contributed by atoms with Crippen LogP contribution in [0.25, 0.3) is 0 Å². The molecule has 0 saturated carbocycles. The molecule has 0 aliphatic carbocycles. The van der Waals surface area contributed by atoms with Gasteiger partial charge in [-0.05, 0) is 36.1 Å². The van der Waals surface area contributed by atoms with Crippen molar-refractivity contribution in [2.75, 3.05) is 12.3 Å². The molecule has 1 aliphatic heterocycles. The average Bonchev–Trinajstić information content (AvgIpc) is 2.54. The van der Waals surface area contributed by atoms with Crippen molar-refractivity contribution in [1.29, 1.82) is 0 Å². The van der Waals surface area contributed by atoms with Gasteiger partial charge in [0.25, 0.3) is 0 Å². The average molecular weight is 280 g/mol. The second-order valence-electron chi connectivity index (χ2n) is 5.63. The highest BCUT2D eigenvalue weighted by atomic mass is 16.2. The molecule has 1 heterocycles. The van der Waals surface area contributed by atoms with Gasteiger partial charge in [-0.1, -0.05) is 42.5 Å². The molecule has 1 aliphatic rings. The summed E-state index contributed by atoms with van der Waals surface area (Å²) in [5, 5.41) is 0. The van der Waals surface area contributed by atoms with Crippen molar-refractivity contribution in [3.63, 3.8) is 0 Å². The quantitative estimate of drug-likeness (QED) is 0.860. The van der Waals surface area contributed by atoms with Gasteiger partial charge in [0.15, 0.2) is 0 Å². The van der Waals surface area contributed by atoms with Gasteiger partial charge in [-0.15, -0.1) is 0 Å². The minimum atomic E-state index is -0.103. The summed E-state index contributed by atoms with van der Waals surface area (Å²) in [6.45, 7) is 3.39. The van der Waals surface area contributed by atoms with E-state index in [9.17, 15) is 4.79 Å². The van der Waals surface area contributed by atoms with Gasteiger partial charge in [-0.2, -0.15) is 0 Å². The van der Waals surface area contributed by atoms with Gasteiger partial charge in [0.05, 0.1) is 5.92 Å². The summed E-state index contributed by atoms with van der Waals surface area (Å²) in [7, 11) is 0. The normalized spacial score (nSPS) is 15.4. The third-order valence-corrected chi connectivity index (χ3v) is 4.28. The van der Waals surface area contributed by atoms with Crippen LogP contribution < -0.4 is 5.73 Å². The van der Waals surface area contributed by atoms with Crippen molar-refractivity contribution < 1.29 is 4.79 Å². The molecule has 3 rings (SSSR count). The molecule has 1 atom stereocenters. The van der Waals surface area contributed by atoms with E-state index in [1.807, 2.05) is 54.3 Å². The lowest BCUT2D eigenvalue weighted by molar-refractivity contribution is -0.133. The Bertz CT molecular complexity index is 652. The molecule has 108 valence electrons. The van der Waals surface area contributed by atoms with Crippen LogP contribution in [0.3, 0.4) is 0 Å². The molecule has 0 aromatic heterocycles. The standard InChI is InChI=1S/C18H20N2O/c1-13(14-6-3-2-4-7-14)18(21)20-11-10-16-15(12-20)8-5-9-17(16)19/h2-9,13H,10-12,19H2,1H3. The highest BCUT2D eigenvalue weighted by Gasteiger charge is 2.26. The van der Waals surface area contributed by atoms with Crippen LogP contribution in [0.4, 0.5) is 5.69 Å². The topological polar surface area (TPSA) is 46.3 Å². The molecule has 1 unspecified atom stereocenters. The number of rotatable bonds is 2. The molecule has 2 aromatic carbocycles. The molecule has 0 bridgehead atoms. The van der Waals surface area contributed by atoms with Crippen molar-refractivity contribution in [1.82, 2.24) is 4.90 Å². The maximum Gasteiger partial charge on any atom is 0.230 e. The van der Waals surface area contributed by atoms with Gasteiger partial charge in [0.2, 0.25) is 5.91 Å². The molecule has 0 radical (unpaired) electrons. The number of hydrogen-bond acceptors (Lipinski definition) is 2. The van der Waals surface area contributed by atoms with Gasteiger partial charge in [-0.25, -0.2) is 0 Å². The Balaban J connectivity index is 1.78. The summed E-state index contributed by atoms with van der Waals surface area (Å²) in [4.78, 5) is 14.6. The fourth-order valence-electron chi connectivity index (χ4n) is 2.99. The zero-order valence-electron chi connectivity index (χ0n) is 12.3. The highest BCUT2D eigenvalue weighted by Crippen LogP contribution is 2.26. The lowest BCUT2D eigenvalue weighted by Crippen LogP contribution is -2.38. The number of carbonyl (C=O) groups is 1. The van der Waals surface area contributed by atoms with Crippen molar-refractivity contribution in [2.24, 2.45) is 0 Å². The Morgan fingerprint density at radius 3 is 2.67 bits per heavy atom. The van der Waals surface area contributed by atoms with Gasteiger partial charge in [0.1, 0.15) is 0 Å². The second-order valence-corrected chi connectivity index (χ2v) is 5.63. The molecule has 0 spiro atoms. The zero-order chi connectivity index (χ0) is 14.8. The fraction of sp³-hybridized carbons (Fsp3) is 0.278. The number of nitrogens with two attached hydrogens (primary N) is 1. The van der Waals surface area contributed by atoms with E-state index < -0.39 is 0 Å². The van der Waals surface area contributed by atoms with Crippen molar-refractivity contribution in [3.05, 3.63) is 65.2 Å². The SMILES string of the molecule is CC(C(=O)N1CCc2c(N)cccc2C1)c1ccccc1. The lowest BCUT2D eigenvalue weighted by atomic mass is 9.95. The van der Waals surface area contributed by atoms with Crippen molar-refractivity contribution in [3.8, 4) is 0 Å². The van der Waals surface area contributed by atoms with E-state index in [4.69, 9.17) is 5.73 Å². The molecule has 3 heteroatoms. The van der Waals surface area contributed by atoms with Crippen LogP contribution in [-0.2, 0) is 17.8 Å². The molecule has 2 N–H and O–H groups in total. The number of amides is 1. The molecule has 0 saturated heterocycles. The number of fused-ring (bicyclic) bond motifs is 1. The molecule has 2 aromatic rings. The number of hydrogen-bond donors (Lipinski definition) is 1. The molecule has 21 heavy (non-hydrogen) atoms. The van der Waals surface area contributed by atoms with Crippen LogP contribution in [0.1, 0.15) is 29.5 Å². The Morgan fingerprint density at radius 2 is 1.90 bits per heavy atom. The van der Waals surface area contributed by atoms with Crippen LogP contribution in [0.5, 0.6) is 0 Å². The molecular formula is C18H20N2O. The summed E-state index contributed by atoms with van der Waals surface area (Å²) in [5.41, 5.74) is 10.3. The Labute approximate surface area is 125 Å². The first-order chi connectivity index (χ1) is 10.2. The van der Waals surface area contributed by atoms with Crippen molar-refractivity contribution >= 4 is 11.6 Å².